The first-order valence-electron chi connectivity index (χ1n) is 6.58. The summed E-state index contributed by atoms with van der Waals surface area (Å²) >= 11 is 3.57. The Morgan fingerprint density at radius 2 is 2.11 bits per heavy atom. The van der Waals surface area contributed by atoms with E-state index in [0.717, 1.165) is 10.9 Å². The number of carbonyl (C=O) groups excluding carboxylic acids is 1. The highest BCUT2D eigenvalue weighted by atomic mass is 79.9. The number of carbonyl (C=O) groups is 1. The van der Waals surface area contributed by atoms with E-state index in [0.29, 0.717) is 18.4 Å². The summed E-state index contributed by atoms with van der Waals surface area (Å²) in [6, 6.07) is 8.27. The Labute approximate surface area is 122 Å². The number of alkyl carbamates (subject to hydrolysis) is 1. The lowest BCUT2D eigenvalue weighted by atomic mass is 10.1. The maximum atomic E-state index is 11.6. The standard InChI is InChI=1S/C15H20BrNO2/c1-15(2,3)19-14(18)17-9-10-8-12(10)11-6-4-5-7-13(11)16/h4-7,10,12H,8-9H2,1-3H3,(H,17,18). The van der Waals surface area contributed by atoms with Crippen molar-refractivity contribution in [3.8, 4) is 0 Å². The van der Waals surface area contributed by atoms with Crippen LogP contribution in [0.4, 0.5) is 4.79 Å². The van der Waals surface area contributed by atoms with Crippen molar-refractivity contribution in [3.05, 3.63) is 34.3 Å². The molecule has 1 aromatic carbocycles. The van der Waals surface area contributed by atoms with Gasteiger partial charge in [-0.2, -0.15) is 0 Å². The van der Waals surface area contributed by atoms with Gasteiger partial charge in [0.15, 0.2) is 0 Å². The topological polar surface area (TPSA) is 38.3 Å². The van der Waals surface area contributed by atoms with Crippen LogP contribution in [0, 0.1) is 5.92 Å². The molecule has 4 heteroatoms. The summed E-state index contributed by atoms with van der Waals surface area (Å²) in [5.41, 5.74) is 0.897. The average molecular weight is 326 g/mol. The highest BCUT2D eigenvalue weighted by Gasteiger charge is 2.39. The third-order valence-corrected chi connectivity index (χ3v) is 3.86. The number of ether oxygens (including phenoxy) is 1. The normalized spacial score (nSPS) is 21.9. The van der Waals surface area contributed by atoms with Gasteiger partial charge in [-0.3, -0.25) is 0 Å². The molecule has 0 aliphatic heterocycles. The summed E-state index contributed by atoms with van der Waals surface area (Å²) < 4.78 is 6.37. The highest BCUT2D eigenvalue weighted by Crippen LogP contribution is 2.49. The molecule has 3 nitrogen and oxygen atoms in total. The number of hydrogen-bond donors (Lipinski definition) is 1. The maximum Gasteiger partial charge on any atom is 0.407 e. The lowest BCUT2D eigenvalue weighted by molar-refractivity contribution is 0.0525. The van der Waals surface area contributed by atoms with E-state index in [9.17, 15) is 4.79 Å². The minimum Gasteiger partial charge on any atom is -0.444 e. The predicted molar refractivity (Wildman–Crippen MR) is 79.2 cm³/mol. The second-order valence-electron chi connectivity index (χ2n) is 6.01. The fraction of sp³-hybridized carbons (Fsp3) is 0.533. The Kier molecular flexibility index (Phi) is 4.19. The van der Waals surface area contributed by atoms with Crippen LogP contribution in [0.25, 0.3) is 0 Å². The molecule has 1 N–H and O–H groups in total. The lowest BCUT2D eigenvalue weighted by Gasteiger charge is -2.19. The van der Waals surface area contributed by atoms with Gasteiger partial charge in [0.2, 0.25) is 0 Å². The molecular weight excluding hydrogens is 306 g/mol. The molecule has 0 bridgehead atoms. The molecule has 2 atom stereocenters. The summed E-state index contributed by atoms with van der Waals surface area (Å²) in [4.78, 5) is 11.6. The molecular formula is C15H20BrNO2. The van der Waals surface area contributed by atoms with E-state index in [1.165, 1.54) is 5.56 Å². The van der Waals surface area contributed by atoms with Gasteiger partial charge in [-0.05, 0) is 50.7 Å². The molecule has 1 amide bonds. The number of halogens is 1. The smallest absolute Gasteiger partial charge is 0.407 e. The van der Waals surface area contributed by atoms with E-state index < -0.39 is 5.60 Å². The molecule has 19 heavy (non-hydrogen) atoms. The van der Waals surface area contributed by atoms with Crippen LogP contribution in [0.2, 0.25) is 0 Å². The molecule has 0 saturated heterocycles. The maximum absolute atomic E-state index is 11.6. The van der Waals surface area contributed by atoms with Gasteiger partial charge in [0, 0.05) is 11.0 Å². The molecule has 1 aliphatic rings. The fourth-order valence-electron chi connectivity index (χ4n) is 2.16. The van der Waals surface area contributed by atoms with E-state index in [1.807, 2.05) is 26.8 Å². The van der Waals surface area contributed by atoms with Crippen molar-refractivity contribution in [2.45, 2.75) is 38.7 Å². The van der Waals surface area contributed by atoms with Crippen molar-refractivity contribution in [1.82, 2.24) is 5.32 Å². The third kappa shape index (κ3) is 4.23. The zero-order valence-electron chi connectivity index (χ0n) is 11.6. The minimum absolute atomic E-state index is 0.328. The summed E-state index contributed by atoms with van der Waals surface area (Å²) in [7, 11) is 0. The first kappa shape index (κ1) is 14.4. The fourth-order valence-corrected chi connectivity index (χ4v) is 2.74. The van der Waals surface area contributed by atoms with Gasteiger partial charge in [-0.15, -0.1) is 0 Å². The van der Waals surface area contributed by atoms with Crippen molar-refractivity contribution in [2.24, 2.45) is 5.92 Å². The molecule has 104 valence electrons. The van der Waals surface area contributed by atoms with E-state index in [4.69, 9.17) is 4.74 Å². The van der Waals surface area contributed by atoms with Crippen molar-refractivity contribution in [1.29, 1.82) is 0 Å². The quantitative estimate of drug-likeness (QED) is 0.909. The Bertz CT molecular complexity index is 467. The van der Waals surface area contributed by atoms with Gasteiger partial charge >= 0.3 is 6.09 Å². The Hall–Kier alpha value is -1.03. The molecule has 0 spiro atoms. The molecule has 0 aromatic heterocycles. The van der Waals surface area contributed by atoms with Gasteiger partial charge in [0.05, 0.1) is 0 Å². The molecule has 1 aromatic rings. The van der Waals surface area contributed by atoms with Crippen LogP contribution in [-0.4, -0.2) is 18.2 Å². The zero-order chi connectivity index (χ0) is 14.0. The predicted octanol–water partition coefficient (Wildman–Crippen LogP) is 4.08. The molecule has 1 fully saturated rings. The largest absolute Gasteiger partial charge is 0.444 e. The average Bonchev–Trinajstić information content (AvgIpc) is 3.04. The highest BCUT2D eigenvalue weighted by molar-refractivity contribution is 9.10. The van der Waals surface area contributed by atoms with E-state index in [2.05, 4.69) is 39.4 Å². The van der Waals surface area contributed by atoms with Crippen molar-refractivity contribution >= 4 is 22.0 Å². The van der Waals surface area contributed by atoms with Gasteiger partial charge in [-0.1, -0.05) is 34.1 Å². The molecule has 1 saturated carbocycles. The Morgan fingerprint density at radius 3 is 2.74 bits per heavy atom. The van der Waals surface area contributed by atoms with Crippen LogP contribution in [-0.2, 0) is 4.74 Å². The monoisotopic (exact) mass is 325 g/mol. The second-order valence-corrected chi connectivity index (χ2v) is 6.86. The van der Waals surface area contributed by atoms with E-state index in [-0.39, 0.29) is 6.09 Å². The summed E-state index contributed by atoms with van der Waals surface area (Å²) in [6.07, 6.45) is 0.795. The number of amides is 1. The van der Waals surface area contributed by atoms with Crippen LogP contribution in [0.1, 0.15) is 38.7 Å². The molecule has 0 heterocycles. The van der Waals surface area contributed by atoms with Crippen molar-refractivity contribution < 1.29 is 9.53 Å². The van der Waals surface area contributed by atoms with Crippen LogP contribution in [0.5, 0.6) is 0 Å². The molecule has 0 radical (unpaired) electrons. The van der Waals surface area contributed by atoms with Crippen LogP contribution >= 0.6 is 15.9 Å². The van der Waals surface area contributed by atoms with E-state index >= 15 is 0 Å². The second kappa shape index (κ2) is 5.53. The minimum atomic E-state index is -0.435. The Morgan fingerprint density at radius 1 is 1.42 bits per heavy atom. The van der Waals surface area contributed by atoms with Crippen molar-refractivity contribution in [3.63, 3.8) is 0 Å². The third-order valence-electron chi connectivity index (χ3n) is 3.13. The summed E-state index contributed by atoms with van der Waals surface area (Å²) in [6.45, 7) is 6.29. The van der Waals surface area contributed by atoms with Crippen LogP contribution in [0.15, 0.2) is 28.7 Å². The Balaban J connectivity index is 1.79. The molecule has 1 aliphatic carbocycles. The zero-order valence-corrected chi connectivity index (χ0v) is 13.2. The SMILES string of the molecule is CC(C)(C)OC(=O)NCC1CC1c1ccccc1Br. The summed E-state index contributed by atoms with van der Waals surface area (Å²) in [5.74, 6) is 1.07. The first-order valence-corrected chi connectivity index (χ1v) is 7.37. The number of benzene rings is 1. The lowest BCUT2D eigenvalue weighted by Crippen LogP contribution is -2.33. The van der Waals surface area contributed by atoms with Crippen molar-refractivity contribution in [2.75, 3.05) is 6.54 Å². The van der Waals surface area contributed by atoms with Gasteiger partial charge in [-0.25, -0.2) is 4.79 Å². The first-order chi connectivity index (χ1) is 8.87. The molecule has 2 unspecified atom stereocenters. The molecule has 2 rings (SSSR count). The summed E-state index contributed by atoms with van der Waals surface area (Å²) in [5, 5.41) is 2.84. The van der Waals surface area contributed by atoms with E-state index in [1.54, 1.807) is 0 Å². The number of nitrogens with one attached hydrogen (secondary N) is 1. The van der Waals surface area contributed by atoms with Gasteiger partial charge in [0.25, 0.3) is 0 Å². The van der Waals surface area contributed by atoms with Crippen LogP contribution in [0.3, 0.4) is 0 Å². The van der Waals surface area contributed by atoms with Gasteiger partial charge in [0.1, 0.15) is 5.60 Å². The number of rotatable bonds is 3. The van der Waals surface area contributed by atoms with Gasteiger partial charge < -0.3 is 10.1 Å². The van der Waals surface area contributed by atoms with Crippen LogP contribution < -0.4 is 5.32 Å². The number of hydrogen-bond acceptors (Lipinski definition) is 2.